The summed E-state index contributed by atoms with van der Waals surface area (Å²) in [5.41, 5.74) is 6.49. The van der Waals surface area contributed by atoms with Gasteiger partial charge >= 0.3 is 0 Å². The van der Waals surface area contributed by atoms with Crippen molar-refractivity contribution < 1.29 is 14.3 Å². The molecule has 1 heterocycles. The van der Waals surface area contributed by atoms with Crippen LogP contribution in [0.1, 0.15) is 25.9 Å². The number of hydrogen-bond acceptors (Lipinski definition) is 6. The smallest absolute Gasteiger partial charge is 0.275 e. The van der Waals surface area contributed by atoms with Gasteiger partial charge in [-0.1, -0.05) is 0 Å². The molecule has 130 valence electrons. The zero-order valence-corrected chi connectivity index (χ0v) is 14.9. The van der Waals surface area contributed by atoms with Gasteiger partial charge in [-0.3, -0.25) is 9.59 Å². The molecule has 0 aliphatic heterocycles. The summed E-state index contributed by atoms with van der Waals surface area (Å²) in [5, 5.41) is 7.71. The highest BCUT2D eigenvalue weighted by Gasteiger charge is 2.16. The van der Waals surface area contributed by atoms with Crippen LogP contribution in [0.2, 0.25) is 0 Å². The van der Waals surface area contributed by atoms with Gasteiger partial charge in [-0.25, -0.2) is 4.98 Å². The van der Waals surface area contributed by atoms with Crippen LogP contribution in [0.25, 0.3) is 0 Å². The molecule has 2 rings (SSSR count). The number of amides is 2. The maximum absolute atomic E-state index is 12.3. The van der Waals surface area contributed by atoms with Crippen molar-refractivity contribution in [2.24, 2.45) is 5.73 Å². The number of halogens is 1. The topological polar surface area (TPSA) is 106 Å². The second-order valence-electron chi connectivity index (χ2n) is 4.61. The molecule has 0 saturated carbocycles. The van der Waals surface area contributed by atoms with E-state index in [1.807, 2.05) is 0 Å². The molecule has 0 atom stereocenters. The number of hydrogen-bond donors (Lipinski definition) is 3. The lowest BCUT2D eigenvalue weighted by Crippen LogP contribution is -2.21. The number of nitrogens with zero attached hydrogens (tertiary/aromatic N) is 1. The van der Waals surface area contributed by atoms with Crippen LogP contribution in [-0.2, 0) is 6.42 Å². The highest BCUT2D eigenvalue weighted by atomic mass is 35.5. The Morgan fingerprint density at radius 2 is 2.08 bits per heavy atom. The molecular formula is C15H19ClN4O3S. The zero-order chi connectivity index (χ0) is 16.8. The van der Waals surface area contributed by atoms with Gasteiger partial charge in [0.15, 0.2) is 0 Å². The molecular weight excluding hydrogens is 352 g/mol. The van der Waals surface area contributed by atoms with Gasteiger partial charge in [0.25, 0.3) is 11.8 Å². The van der Waals surface area contributed by atoms with Gasteiger partial charge in [0, 0.05) is 18.8 Å². The molecule has 0 fully saturated rings. The average molecular weight is 371 g/mol. The zero-order valence-electron chi connectivity index (χ0n) is 13.3. The molecule has 0 unspecified atom stereocenters. The molecule has 7 nitrogen and oxygen atoms in total. The first-order valence-corrected chi connectivity index (χ1v) is 7.83. The lowest BCUT2D eigenvalue weighted by atomic mass is 10.1. The van der Waals surface area contributed by atoms with Crippen LogP contribution >= 0.6 is 23.7 Å². The molecule has 2 aromatic rings. The van der Waals surface area contributed by atoms with Crippen molar-refractivity contribution in [1.29, 1.82) is 0 Å². The number of ether oxygens (including phenoxy) is 1. The van der Waals surface area contributed by atoms with Gasteiger partial charge in [0.05, 0.1) is 23.4 Å². The van der Waals surface area contributed by atoms with E-state index in [9.17, 15) is 9.59 Å². The first kappa shape index (κ1) is 19.9. The van der Waals surface area contributed by atoms with Gasteiger partial charge in [-0.15, -0.1) is 23.7 Å². The van der Waals surface area contributed by atoms with E-state index in [1.165, 1.54) is 25.5 Å². The molecule has 0 aliphatic rings. The van der Waals surface area contributed by atoms with Gasteiger partial charge < -0.3 is 21.1 Å². The van der Waals surface area contributed by atoms with Crippen molar-refractivity contribution in [3.63, 3.8) is 0 Å². The first-order valence-electron chi connectivity index (χ1n) is 6.95. The summed E-state index contributed by atoms with van der Waals surface area (Å²) in [6.07, 6.45) is 0.629. The Morgan fingerprint density at radius 3 is 2.71 bits per heavy atom. The standard InChI is InChI=1S/C15H18N4O3S.ClH/c1-17-14(20)10-7-9(22-2)3-4-11(10)19-15(21)12-8-23-13(18-12)5-6-16;/h3-4,7-8H,5-6,16H2,1-2H3,(H,17,20)(H,19,21);1H. The van der Waals surface area contributed by atoms with Crippen molar-refractivity contribution >= 4 is 41.2 Å². The minimum Gasteiger partial charge on any atom is -0.497 e. The Kier molecular flexibility index (Phi) is 7.63. The maximum atomic E-state index is 12.3. The molecule has 2 amide bonds. The van der Waals surface area contributed by atoms with Gasteiger partial charge in [0.1, 0.15) is 11.4 Å². The Morgan fingerprint density at radius 1 is 1.33 bits per heavy atom. The fourth-order valence-electron chi connectivity index (χ4n) is 1.92. The Hall–Kier alpha value is -2.16. The van der Waals surface area contributed by atoms with Crippen molar-refractivity contribution in [3.8, 4) is 5.75 Å². The number of nitrogens with two attached hydrogens (primary N) is 1. The summed E-state index contributed by atoms with van der Waals surface area (Å²) in [7, 11) is 3.03. The number of benzene rings is 1. The van der Waals surface area contributed by atoms with Crippen molar-refractivity contribution in [2.45, 2.75) is 6.42 Å². The number of anilines is 1. The summed E-state index contributed by atoms with van der Waals surface area (Å²) in [6.45, 7) is 0.480. The van der Waals surface area contributed by atoms with E-state index in [0.717, 1.165) is 5.01 Å². The lowest BCUT2D eigenvalue weighted by molar-refractivity contribution is 0.0963. The van der Waals surface area contributed by atoms with Crippen molar-refractivity contribution in [3.05, 3.63) is 39.8 Å². The minimum atomic E-state index is -0.375. The number of nitrogens with one attached hydrogen (secondary N) is 2. The van der Waals surface area contributed by atoms with Gasteiger partial charge in [0.2, 0.25) is 0 Å². The number of methoxy groups -OCH3 is 1. The normalized spacial score (nSPS) is 9.79. The molecule has 24 heavy (non-hydrogen) atoms. The average Bonchev–Trinajstić information content (AvgIpc) is 3.03. The van der Waals surface area contributed by atoms with Crippen LogP contribution in [0.5, 0.6) is 5.75 Å². The summed E-state index contributed by atoms with van der Waals surface area (Å²) < 4.78 is 5.11. The van der Waals surface area contributed by atoms with E-state index in [4.69, 9.17) is 10.5 Å². The van der Waals surface area contributed by atoms with Crippen LogP contribution < -0.4 is 21.1 Å². The van der Waals surface area contributed by atoms with E-state index >= 15 is 0 Å². The number of aromatic nitrogens is 1. The quantitative estimate of drug-likeness (QED) is 0.717. The third-order valence-corrected chi connectivity index (χ3v) is 4.00. The summed E-state index contributed by atoms with van der Waals surface area (Å²) in [5.74, 6) is -0.165. The third kappa shape index (κ3) is 4.67. The largest absolute Gasteiger partial charge is 0.497 e. The molecule has 0 aliphatic carbocycles. The van der Waals surface area contributed by atoms with E-state index in [-0.39, 0.29) is 24.2 Å². The second kappa shape index (κ2) is 9.21. The Balaban J connectivity index is 0.00000288. The minimum absolute atomic E-state index is 0. The van der Waals surface area contributed by atoms with Crippen molar-refractivity contribution in [1.82, 2.24) is 10.3 Å². The van der Waals surface area contributed by atoms with Gasteiger partial charge in [-0.05, 0) is 24.7 Å². The van der Waals surface area contributed by atoms with Crippen LogP contribution in [0.15, 0.2) is 23.6 Å². The molecule has 9 heteroatoms. The molecule has 4 N–H and O–H groups in total. The van der Waals surface area contributed by atoms with E-state index in [2.05, 4.69) is 15.6 Å². The van der Waals surface area contributed by atoms with E-state index in [1.54, 1.807) is 23.6 Å². The van der Waals surface area contributed by atoms with Crippen LogP contribution in [0, 0.1) is 0 Å². The van der Waals surface area contributed by atoms with Crippen molar-refractivity contribution in [2.75, 3.05) is 26.0 Å². The molecule has 1 aromatic heterocycles. The maximum Gasteiger partial charge on any atom is 0.275 e. The first-order chi connectivity index (χ1) is 11.1. The number of carbonyl (C=O) groups is 2. The van der Waals surface area contributed by atoms with Crippen LogP contribution in [0.3, 0.4) is 0 Å². The van der Waals surface area contributed by atoms with E-state index < -0.39 is 0 Å². The summed E-state index contributed by atoms with van der Waals surface area (Å²) >= 11 is 1.38. The number of rotatable bonds is 6. The predicted octanol–water partition coefficient (Wildman–Crippen LogP) is 1.69. The summed E-state index contributed by atoms with van der Waals surface area (Å²) in [6, 6.07) is 4.85. The second-order valence-corrected chi connectivity index (χ2v) is 5.55. The monoisotopic (exact) mass is 370 g/mol. The summed E-state index contributed by atoms with van der Waals surface area (Å²) in [4.78, 5) is 28.5. The SMILES string of the molecule is CNC(=O)c1cc(OC)ccc1NC(=O)c1csc(CCN)n1.Cl. The molecule has 0 spiro atoms. The van der Waals surface area contributed by atoms with E-state index in [0.29, 0.717) is 35.7 Å². The third-order valence-electron chi connectivity index (χ3n) is 3.09. The number of thiazole rings is 1. The predicted molar refractivity (Wildman–Crippen MR) is 96.5 cm³/mol. The molecule has 1 aromatic carbocycles. The Labute approximate surface area is 150 Å². The van der Waals surface area contributed by atoms with Gasteiger partial charge in [-0.2, -0.15) is 0 Å². The number of carbonyl (C=O) groups excluding carboxylic acids is 2. The lowest BCUT2D eigenvalue weighted by Gasteiger charge is -2.11. The molecule has 0 saturated heterocycles. The molecule has 0 bridgehead atoms. The Bertz CT molecular complexity index is 720. The molecule has 0 radical (unpaired) electrons. The fourth-order valence-corrected chi connectivity index (χ4v) is 2.72. The van der Waals surface area contributed by atoms with Crippen LogP contribution in [-0.4, -0.2) is 37.5 Å². The highest BCUT2D eigenvalue weighted by molar-refractivity contribution is 7.09. The highest BCUT2D eigenvalue weighted by Crippen LogP contribution is 2.23. The van der Waals surface area contributed by atoms with Crippen LogP contribution in [0.4, 0.5) is 5.69 Å². The fraction of sp³-hybridized carbons (Fsp3) is 0.267.